The largest absolute Gasteiger partial charge is 0.305 e. The molecule has 0 saturated carbocycles. The van der Waals surface area contributed by atoms with E-state index in [0.717, 1.165) is 17.5 Å². The zero-order chi connectivity index (χ0) is 13.8. The van der Waals surface area contributed by atoms with Gasteiger partial charge in [0.25, 0.3) is 0 Å². The molecule has 1 atom stereocenters. The lowest BCUT2D eigenvalue weighted by molar-refractivity contribution is 0.541. The standard InChI is InChI=1S/C14H15F2N3/c1-9-6-19-14(7-17-9)8-18-10(2)11-3-12(15)5-13(16)4-11/h3-7,10,18H,8H2,1-2H3. The summed E-state index contributed by atoms with van der Waals surface area (Å²) in [4.78, 5) is 8.34. The highest BCUT2D eigenvalue weighted by atomic mass is 19.1. The Morgan fingerprint density at radius 3 is 2.37 bits per heavy atom. The number of aromatic nitrogens is 2. The second kappa shape index (κ2) is 5.84. The number of nitrogens with zero attached hydrogens (tertiary/aromatic N) is 2. The highest BCUT2D eigenvalue weighted by Gasteiger charge is 2.08. The van der Waals surface area contributed by atoms with Crippen molar-refractivity contribution in [1.82, 2.24) is 15.3 Å². The van der Waals surface area contributed by atoms with Crippen molar-refractivity contribution in [3.05, 3.63) is 59.2 Å². The van der Waals surface area contributed by atoms with E-state index in [1.54, 1.807) is 12.4 Å². The van der Waals surface area contributed by atoms with Gasteiger partial charge in [0, 0.05) is 31.0 Å². The summed E-state index contributed by atoms with van der Waals surface area (Å²) in [7, 11) is 0. The van der Waals surface area contributed by atoms with Crippen LogP contribution >= 0.6 is 0 Å². The summed E-state index contributed by atoms with van der Waals surface area (Å²) in [6, 6.07) is 3.33. The molecule has 1 unspecified atom stereocenters. The molecule has 0 amide bonds. The number of nitrogens with one attached hydrogen (secondary N) is 1. The van der Waals surface area contributed by atoms with Crippen molar-refractivity contribution in [2.24, 2.45) is 0 Å². The second-order valence-electron chi connectivity index (χ2n) is 4.45. The molecule has 2 rings (SSSR count). The molecule has 0 bridgehead atoms. The fraction of sp³-hybridized carbons (Fsp3) is 0.286. The van der Waals surface area contributed by atoms with Crippen LogP contribution in [0.2, 0.25) is 0 Å². The van der Waals surface area contributed by atoms with Crippen LogP contribution in [0.5, 0.6) is 0 Å². The molecular formula is C14H15F2N3. The van der Waals surface area contributed by atoms with Crippen LogP contribution in [0, 0.1) is 18.6 Å². The van der Waals surface area contributed by atoms with Crippen LogP contribution in [0.25, 0.3) is 0 Å². The lowest BCUT2D eigenvalue weighted by Crippen LogP contribution is -2.19. The summed E-state index contributed by atoms with van der Waals surface area (Å²) in [6.07, 6.45) is 3.37. The van der Waals surface area contributed by atoms with E-state index in [0.29, 0.717) is 12.1 Å². The normalized spacial score (nSPS) is 12.4. The van der Waals surface area contributed by atoms with Crippen molar-refractivity contribution in [2.45, 2.75) is 26.4 Å². The van der Waals surface area contributed by atoms with Gasteiger partial charge < -0.3 is 5.32 Å². The summed E-state index contributed by atoms with van der Waals surface area (Å²) < 4.78 is 26.2. The van der Waals surface area contributed by atoms with E-state index in [2.05, 4.69) is 15.3 Å². The highest BCUT2D eigenvalue weighted by molar-refractivity contribution is 5.21. The Morgan fingerprint density at radius 1 is 1.11 bits per heavy atom. The molecule has 1 heterocycles. The van der Waals surface area contributed by atoms with Gasteiger partial charge in [0.1, 0.15) is 11.6 Å². The fourth-order valence-electron chi connectivity index (χ4n) is 1.71. The van der Waals surface area contributed by atoms with Gasteiger partial charge in [-0.15, -0.1) is 0 Å². The fourth-order valence-corrected chi connectivity index (χ4v) is 1.71. The van der Waals surface area contributed by atoms with E-state index in [1.165, 1.54) is 12.1 Å². The van der Waals surface area contributed by atoms with E-state index < -0.39 is 11.6 Å². The van der Waals surface area contributed by atoms with E-state index in [-0.39, 0.29) is 6.04 Å². The minimum Gasteiger partial charge on any atom is -0.305 e. The van der Waals surface area contributed by atoms with Gasteiger partial charge in [-0.3, -0.25) is 9.97 Å². The summed E-state index contributed by atoms with van der Waals surface area (Å²) in [5.41, 5.74) is 2.20. The van der Waals surface area contributed by atoms with Crippen molar-refractivity contribution in [1.29, 1.82) is 0 Å². The minimum absolute atomic E-state index is 0.173. The average Bonchev–Trinajstić information content (AvgIpc) is 2.36. The van der Waals surface area contributed by atoms with Crippen LogP contribution in [-0.4, -0.2) is 9.97 Å². The number of aryl methyl sites for hydroxylation is 1. The van der Waals surface area contributed by atoms with Gasteiger partial charge in [-0.1, -0.05) is 0 Å². The zero-order valence-corrected chi connectivity index (χ0v) is 10.8. The minimum atomic E-state index is -0.571. The first-order chi connectivity index (χ1) is 9.04. The van der Waals surface area contributed by atoms with Crippen molar-refractivity contribution in [3.8, 4) is 0 Å². The van der Waals surface area contributed by atoms with Crippen LogP contribution in [0.3, 0.4) is 0 Å². The van der Waals surface area contributed by atoms with Crippen molar-refractivity contribution in [2.75, 3.05) is 0 Å². The van der Waals surface area contributed by atoms with Crippen molar-refractivity contribution in [3.63, 3.8) is 0 Å². The summed E-state index contributed by atoms with van der Waals surface area (Å²) in [5, 5.41) is 3.15. The van der Waals surface area contributed by atoms with E-state index in [9.17, 15) is 8.78 Å². The number of benzene rings is 1. The molecular weight excluding hydrogens is 248 g/mol. The smallest absolute Gasteiger partial charge is 0.126 e. The lowest BCUT2D eigenvalue weighted by Gasteiger charge is -2.14. The Kier molecular flexibility index (Phi) is 4.16. The second-order valence-corrected chi connectivity index (χ2v) is 4.45. The first kappa shape index (κ1) is 13.5. The van der Waals surface area contributed by atoms with Crippen molar-refractivity contribution >= 4 is 0 Å². The maximum absolute atomic E-state index is 13.1. The third-order valence-electron chi connectivity index (χ3n) is 2.81. The van der Waals surface area contributed by atoms with Crippen LogP contribution in [0.15, 0.2) is 30.6 Å². The van der Waals surface area contributed by atoms with Crippen LogP contribution in [-0.2, 0) is 6.54 Å². The zero-order valence-electron chi connectivity index (χ0n) is 10.8. The first-order valence-corrected chi connectivity index (χ1v) is 6.01. The van der Waals surface area contributed by atoms with Gasteiger partial charge >= 0.3 is 0 Å². The van der Waals surface area contributed by atoms with Gasteiger partial charge in [0.05, 0.1) is 11.4 Å². The van der Waals surface area contributed by atoms with E-state index in [4.69, 9.17) is 0 Å². The van der Waals surface area contributed by atoms with Gasteiger partial charge in [-0.05, 0) is 31.5 Å². The molecule has 100 valence electrons. The quantitative estimate of drug-likeness (QED) is 0.921. The molecule has 0 aliphatic rings. The Hall–Kier alpha value is -1.88. The third-order valence-corrected chi connectivity index (χ3v) is 2.81. The average molecular weight is 263 g/mol. The monoisotopic (exact) mass is 263 g/mol. The van der Waals surface area contributed by atoms with Gasteiger partial charge in [0.2, 0.25) is 0 Å². The lowest BCUT2D eigenvalue weighted by atomic mass is 10.1. The summed E-state index contributed by atoms with van der Waals surface area (Å²) >= 11 is 0. The molecule has 1 N–H and O–H groups in total. The molecule has 1 aromatic heterocycles. The maximum atomic E-state index is 13.1. The summed E-state index contributed by atoms with van der Waals surface area (Å²) in [5.74, 6) is -1.14. The number of hydrogen-bond donors (Lipinski definition) is 1. The predicted octanol–water partition coefficient (Wildman–Crippen LogP) is 2.91. The Labute approximate surface area is 110 Å². The Bertz CT molecular complexity index is 535. The van der Waals surface area contributed by atoms with Crippen LogP contribution in [0.1, 0.15) is 29.9 Å². The molecule has 0 spiro atoms. The van der Waals surface area contributed by atoms with Crippen LogP contribution in [0.4, 0.5) is 8.78 Å². The number of halogens is 2. The highest BCUT2D eigenvalue weighted by Crippen LogP contribution is 2.16. The molecule has 2 aromatic rings. The van der Waals surface area contributed by atoms with E-state index in [1.807, 2.05) is 13.8 Å². The molecule has 0 saturated heterocycles. The van der Waals surface area contributed by atoms with Crippen molar-refractivity contribution < 1.29 is 8.78 Å². The molecule has 3 nitrogen and oxygen atoms in total. The molecule has 19 heavy (non-hydrogen) atoms. The first-order valence-electron chi connectivity index (χ1n) is 6.01. The van der Waals surface area contributed by atoms with Gasteiger partial charge in [-0.25, -0.2) is 8.78 Å². The Morgan fingerprint density at radius 2 is 1.79 bits per heavy atom. The van der Waals surface area contributed by atoms with Crippen LogP contribution < -0.4 is 5.32 Å². The Balaban J connectivity index is 2.00. The maximum Gasteiger partial charge on any atom is 0.126 e. The van der Waals surface area contributed by atoms with Gasteiger partial charge in [0.15, 0.2) is 0 Å². The number of rotatable bonds is 4. The molecule has 0 aliphatic heterocycles. The summed E-state index contributed by atoms with van der Waals surface area (Å²) in [6.45, 7) is 4.20. The number of hydrogen-bond acceptors (Lipinski definition) is 3. The molecule has 1 aromatic carbocycles. The molecule has 0 fully saturated rings. The van der Waals surface area contributed by atoms with E-state index >= 15 is 0 Å². The SMILES string of the molecule is Cc1cnc(CNC(C)c2cc(F)cc(F)c2)cn1. The molecule has 5 heteroatoms. The topological polar surface area (TPSA) is 37.8 Å². The molecule has 0 aliphatic carbocycles. The predicted molar refractivity (Wildman–Crippen MR) is 68.4 cm³/mol. The molecule has 0 radical (unpaired) electrons. The third kappa shape index (κ3) is 3.79. The van der Waals surface area contributed by atoms with Gasteiger partial charge in [-0.2, -0.15) is 0 Å².